The van der Waals surface area contributed by atoms with E-state index in [9.17, 15) is 4.79 Å². The van der Waals surface area contributed by atoms with E-state index in [0.29, 0.717) is 29.6 Å². The molecule has 28 heavy (non-hydrogen) atoms. The largest absolute Gasteiger partial charge is 0.472 e. The number of rotatable bonds is 5. The zero-order chi connectivity index (χ0) is 19.3. The standard InChI is InChI=1S/C20H19N5O3/c21-11-14-1-3-17(4-2-14)22-18(26)12-25-8-5-15(6-9-25)19-23-24-20(28-19)16-7-10-27-13-16/h1-4,7,10,13,15H,5-6,8-9,12H2,(H,22,26). The molecule has 1 N–H and O–H groups in total. The van der Waals surface area contributed by atoms with Crippen molar-refractivity contribution < 1.29 is 13.6 Å². The van der Waals surface area contributed by atoms with Crippen LogP contribution in [0, 0.1) is 11.3 Å². The maximum atomic E-state index is 12.3. The van der Waals surface area contributed by atoms with Gasteiger partial charge >= 0.3 is 0 Å². The zero-order valence-electron chi connectivity index (χ0n) is 15.2. The molecule has 0 unspecified atom stereocenters. The lowest BCUT2D eigenvalue weighted by Crippen LogP contribution is -2.38. The van der Waals surface area contributed by atoms with Gasteiger partial charge in [-0.05, 0) is 56.3 Å². The van der Waals surface area contributed by atoms with E-state index >= 15 is 0 Å². The lowest BCUT2D eigenvalue weighted by Gasteiger charge is -2.29. The quantitative estimate of drug-likeness (QED) is 0.728. The summed E-state index contributed by atoms with van der Waals surface area (Å²) < 4.78 is 10.8. The molecule has 8 heteroatoms. The van der Waals surface area contributed by atoms with Crippen molar-refractivity contribution in [1.29, 1.82) is 5.26 Å². The predicted octanol–water partition coefficient (Wildman–Crippen LogP) is 3.02. The van der Waals surface area contributed by atoms with Crippen molar-refractivity contribution in [1.82, 2.24) is 15.1 Å². The maximum absolute atomic E-state index is 12.3. The summed E-state index contributed by atoms with van der Waals surface area (Å²) in [6.45, 7) is 1.90. The smallest absolute Gasteiger partial charge is 0.250 e. The molecule has 0 saturated carbocycles. The molecule has 0 radical (unpaired) electrons. The van der Waals surface area contributed by atoms with Crippen LogP contribution in [0.4, 0.5) is 5.69 Å². The molecule has 0 atom stereocenters. The van der Waals surface area contributed by atoms with Gasteiger partial charge in [0.15, 0.2) is 0 Å². The van der Waals surface area contributed by atoms with Crippen molar-refractivity contribution in [3.05, 3.63) is 54.3 Å². The van der Waals surface area contributed by atoms with E-state index in [2.05, 4.69) is 26.5 Å². The second-order valence-corrected chi connectivity index (χ2v) is 6.75. The van der Waals surface area contributed by atoms with Gasteiger partial charge < -0.3 is 14.2 Å². The Balaban J connectivity index is 1.27. The van der Waals surface area contributed by atoms with Crippen LogP contribution in [0.25, 0.3) is 11.5 Å². The van der Waals surface area contributed by atoms with Crippen molar-refractivity contribution in [2.75, 3.05) is 25.0 Å². The number of furan rings is 1. The molecule has 0 aliphatic carbocycles. The third-order valence-electron chi connectivity index (χ3n) is 4.81. The van der Waals surface area contributed by atoms with Crippen LogP contribution >= 0.6 is 0 Å². The van der Waals surface area contributed by atoms with Gasteiger partial charge in [0.05, 0.1) is 30.0 Å². The molecular weight excluding hydrogens is 358 g/mol. The van der Waals surface area contributed by atoms with Crippen molar-refractivity contribution in [2.45, 2.75) is 18.8 Å². The number of nitrogens with zero attached hydrogens (tertiary/aromatic N) is 4. The average Bonchev–Trinajstić information content (AvgIpc) is 3.41. The molecule has 142 valence electrons. The predicted molar refractivity (Wildman–Crippen MR) is 100 cm³/mol. The first-order chi connectivity index (χ1) is 13.7. The maximum Gasteiger partial charge on any atom is 0.250 e. The molecular formula is C20H19N5O3. The van der Waals surface area contributed by atoms with Crippen LogP contribution < -0.4 is 5.32 Å². The molecule has 0 spiro atoms. The van der Waals surface area contributed by atoms with Gasteiger partial charge in [-0.1, -0.05) is 0 Å². The first-order valence-electron chi connectivity index (χ1n) is 9.09. The van der Waals surface area contributed by atoms with Gasteiger partial charge in [0.25, 0.3) is 5.89 Å². The number of amides is 1. The number of benzene rings is 1. The summed E-state index contributed by atoms with van der Waals surface area (Å²) in [6, 6.07) is 10.7. The average molecular weight is 377 g/mol. The van der Waals surface area contributed by atoms with Gasteiger partial charge in [0, 0.05) is 11.6 Å². The minimum absolute atomic E-state index is 0.0665. The minimum Gasteiger partial charge on any atom is -0.472 e. The molecule has 1 aromatic carbocycles. The highest BCUT2D eigenvalue weighted by Gasteiger charge is 2.26. The SMILES string of the molecule is N#Cc1ccc(NC(=O)CN2CCC(c3nnc(-c4ccoc4)o3)CC2)cc1. The molecule has 1 aliphatic heterocycles. The molecule has 1 amide bonds. The monoisotopic (exact) mass is 377 g/mol. The Morgan fingerprint density at radius 2 is 2.00 bits per heavy atom. The summed E-state index contributed by atoms with van der Waals surface area (Å²) in [5.41, 5.74) is 2.03. The number of nitrogens with one attached hydrogen (secondary N) is 1. The normalized spacial score (nSPS) is 15.2. The molecule has 3 aromatic rings. The summed E-state index contributed by atoms with van der Waals surface area (Å²) >= 11 is 0. The van der Waals surface area contributed by atoms with E-state index in [4.69, 9.17) is 14.1 Å². The number of likely N-dealkylation sites (tertiary alicyclic amines) is 1. The fourth-order valence-electron chi connectivity index (χ4n) is 3.27. The van der Waals surface area contributed by atoms with Crippen LogP contribution in [-0.2, 0) is 4.79 Å². The topological polar surface area (TPSA) is 108 Å². The lowest BCUT2D eigenvalue weighted by atomic mass is 9.97. The first kappa shape index (κ1) is 17.9. The summed E-state index contributed by atoms with van der Waals surface area (Å²) in [4.78, 5) is 14.4. The van der Waals surface area contributed by atoms with E-state index < -0.39 is 0 Å². The van der Waals surface area contributed by atoms with Crippen LogP contribution in [0.3, 0.4) is 0 Å². The number of anilines is 1. The van der Waals surface area contributed by atoms with E-state index in [1.807, 2.05) is 0 Å². The fraction of sp³-hybridized carbons (Fsp3) is 0.300. The molecule has 4 rings (SSSR count). The number of carbonyl (C=O) groups is 1. The number of nitriles is 1. The van der Waals surface area contributed by atoms with Gasteiger partial charge in [-0.3, -0.25) is 9.69 Å². The van der Waals surface area contributed by atoms with Crippen LogP contribution in [0.2, 0.25) is 0 Å². The van der Waals surface area contributed by atoms with E-state index in [1.165, 1.54) is 0 Å². The highest BCUT2D eigenvalue weighted by Crippen LogP contribution is 2.29. The van der Waals surface area contributed by atoms with Gasteiger partial charge in [-0.25, -0.2) is 0 Å². The van der Waals surface area contributed by atoms with Gasteiger partial charge in [-0.15, -0.1) is 10.2 Å². The lowest BCUT2D eigenvalue weighted by molar-refractivity contribution is -0.117. The van der Waals surface area contributed by atoms with E-state index in [1.54, 1.807) is 42.9 Å². The van der Waals surface area contributed by atoms with Crippen molar-refractivity contribution >= 4 is 11.6 Å². The Morgan fingerprint density at radius 3 is 2.68 bits per heavy atom. The summed E-state index contributed by atoms with van der Waals surface area (Å²) in [5, 5.41) is 19.9. The third kappa shape index (κ3) is 4.10. The number of piperidine rings is 1. The summed E-state index contributed by atoms with van der Waals surface area (Å²) in [5.74, 6) is 1.24. The fourth-order valence-corrected chi connectivity index (χ4v) is 3.27. The summed E-state index contributed by atoms with van der Waals surface area (Å²) in [6.07, 6.45) is 4.86. The van der Waals surface area contributed by atoms with Crippen molar-refractivity contribution in [3.63, 3.8) is 0 Å². The van der Waals surface area contributed by atoms with Crippen LogP contribution in [0.5, 0.6) is 0 Å². The molecule has 3 heterocycles. The van der Waals surface area contributed by atoms with Crippen molar-refractivity contribution in [2.24, 2.45) is 0 Å². The molecule has 1 fully saturated rings. The van der Waals surface area contributed by atoms with Gasteiger partial charge in [0.1, 0.15) is 6.26 Å². The summed E-state index contributed by atoms with van der Waals surface area (Å²) in [7, 11) is 0. The van der Waals surface area contributed by atoms with E-state index in [0.717, 1.165) is 31.5 Å². The molecule has 2 aromatic heterocycles. The second-order valence-electron chi connectivity index (χ2n) is 6.75. The Morgan fingerprint density at radius 1 is 1.21 bits per heavy atom. The van der Waals surface area contributed by atoms with Gasteiger partial charge in [0.2, 0.25) is 11.8 Å². The first-order valence-corrected chi connectivity index (χ1v) is 9.09. The highest BCUT2D eigenvalue weighted by molar-refractivity contribution is 5.92. The number of hydrogen-bond donors (Lipinski definition) is 1. The Hall–Kier alpha value is -3.44. The Labute approximate surface area is 161 Å². The minimum atomic E-state index is -0.0665. The molecule has 1 saturated heterocycles. The molecule has 0 bridgehead atoms. The number of hydrogen-bond acceptors (Lipinski definition) is 7. The number of aromatic nitrogens is 2. The highest BCUT2D eigenvalue weighted by atomic mass is 16.4. The number of carbonyl (C=O) groups excluding carboxylic acids is 1. The Kier molecular flexibility index (Phi) is 5.17. The molecule has 8 nitrogen and oxygen atoms in total. The van der Waals surface area contributed by atoms with Crippen LogP contribution in [-0.4, -0.2) is 40.6 Å². The van der Waals surface area contributed by atoms with Gasteiger partial charge in [-0.2, -0.15) is 5.26 Å². The zero-order valence-corrected chi connectivity index (χ0v) is 15.2. The van der Waals surface area contributed by atoms with E-state index in [-0.39, 0.29) is 11.8 Å². The third-order valence-corrected chi connectivity index (χ3v) is 4.81. The second kappa shape index (κ2) is 8.06. The van der Waals surface area contributed by atoms with Crippen molar-refractivity contribution in [3.8, 4) is 17.5 Å². The molecule has 1 aliphatic rings. The Bertz CT molecular complexity index is 964. The van der Waals surface area contributed by atoms with Crippen LogP contribution in [0.15, 0.2) is 51.7 Å². The van der Waals surface area contributed by atoms with Crippen LogP contribution in [0.1, 0.15) is 30.2 Å².